The number of fused-ring (bicyclic) bond motifs is 1. The number of rotatable bonds is 4. The highest BCUT2D eigenvalue weighted by molar-refractivity contribution is 5.67. The summed E-state index contributed by atoms with van der Waals surface area (Å²) in [7, 11) is 0. The second-order valence-electron chi connectivity index (χ2n) is 9.03. The predicted molar refractivity (Wildman–Crippen MR) is 118 cm³/mol. The highest BCUT2D eigenvalue weighted by Gasteiger charge is 2.37. The van der Waals surface area contributed by atoms with E-state index in [2.05, 4.69) is 15.7 Å². The van der Waals surface area contributed by atoms with Crippen LogP contribution in [0.25, 0.3) is 0 Å². The molecule has 0 aliphatic carbocycles. The summed E-state index contributed by atoms with van der Waals surface area (Å²) in [5, 5.41) is 11.4. The van der Waals surface area contributed by atoms with Gasteiger partial charge in [-0.2, -0.15) is 31.4 Å². The van der Waals surface area contributed by atoms with Gasteiger partial charge in [0.25, 0.3) is 0 Å². The lowest BCUT2D eigenvalue weighted by atomic mass is 10.1. The lowest BCUT2D eigenvalue weighted by Gasteiger charge is -2.20. The number of amides is 1. The number of anilines is 1. The summed E-state index contributed by atoms with van der Waals surface area (Å²) < 4.78 is 85.4. The van der Waals surface area contributed by atoms with Gasteiger partial charge in [-0.3, -0.25) is 4.68 Å². The molecule has 2 aliphatic rings. The van der Waals surface area contributed by atoms with Crippen LogP contribution in [0.4, 0.5) is 37.0 Å². The van der Waals surface area contributed by atoms with Crippen LogP contribution < -0.4 is 10.6 Å². The monoisotopic (exact) mass is 519 g/mol. The van der Waals surface area contributed by atoms with E-state index in [1.807, 2.05) is 6.07 Å². The standard InChI is InChI=1S/C23H27F6N5O2/c24-22(25,26)16-8-15(9-17(10-16)23(27,28)29)14-36-21(35)33-6-3-7-34-19(13-33)11-20(32-34)31-18-4-1-2-5-30-12-18/h8-11,18,30H,1-7,12-14H2,(H,31,32). The molecule has 0 bridgehead atoms. The molecule has 1 fully saturated rings. The number of halogens is 6. The molecule has 1 atom stereocenters. The van der Waals surface area contributed by atoms with Gasteiger partial charge in [-0.05, 0) is 49.6 Å². The zero-order chi connectivity index (χ0) is 25.9. The maximum atomic E-state index is 13.1. The SMILES string of the molecule is O=C(OCc1cc(C(F)(F)F)cc(C(F)(F)F)c1)N1CCCn2nc(NC3CCCCNC3)cc2C1. The summed E-state index contributed by atoms with van der Waals surface area (Å²) in [5.74, 6) is 0.692. The smallest absolute Gasteiger partial charge is 0.416 e. The molecule has 1 unspecified atom stereocenters. The van der Waals surface area contributed by atoms with E-state index in [0.717, 1.165) is 38.0 Å². The number of carbonyl (C=O) groups excluding carboxylic acids is 1. The molecular weight excluding hydrogens is 492 g/mol. The van der Waals surface area contributed by atoms with Gasteiger partial charge in [0.1, 0.15) is 12.4 Å². The van der Waals surface area contributed by atoms with Crippen molar-refractivity contribution in [1.82, 2.24) is 20.0 Å². The van der Waals surface area contributed by atoms with E-state index in [-0.39, 0.29) is 18.7 Å². The molecule has 1 aromatic carbocycles. The highest BCUT2D eigenvalue weighted by atomic mass is 19.4. The average Bonchev–Trinajstić information content (AvgIpc) is 2.96. The van der Waals surface area contributed by atoms with Gasteiger partial charge in [0.2, 0.25) is 0 Å². The third kappa shape index (κ3) is 6.62. The molecule has 1 aromatic heterocycles. The minimum Gasteiger partial charge on any atom is -0.445 e. The van der Waals surface area contributed by atoms with Gasteiger partial charge in [0.05, 0.1) is 23.4 Å². The third-order valence-corrected chi connectivity index (χ3v) is 6.18. The summed E-state index contributed by atoms with van der Waals surface area (Å²) in [6.07, 6.45) is -6.96. The Kier molecular flexibility index (Phi) is 7.67. The van der Waals surface area contributed by atoms with E-state index in [1.54, 1.807) is 4.68 Å². The maximum Gasteiger partial charge on any atom is 0.416 e. The zero-order valence-electron chi connectivity index (χ0n) is 19.4. The van der Waals surface area contributed by atoms with E-state index in [9.17, 15) is 31.1 Å². The van der Waals surface area contributed by atoms with Crippen LogP contribution in [0.3, 0.4) is 0 Å². The van der Waals surface area contributed by atoms with Crippen LogP contribution in [0.2, 0.25) is 0 Å². The summed E-state index contributed by atoms with van der Waals surface area (Å²) in [6.45, 7) is 2.12. The Labute approximate surface area is 203 Å². The number of benzene rings is 1. The minimum absolute atomic E-state index is 0.0397. The van der Waals surface area contributed by atoms with E-state index in [1.165, 1.54) is 4.90 Å². The van der Waals surface area contributed by atoms with Gasteiger partial charge < -0.3 is 20.3 Å². The first-order valence-corrected chi connectivity index (χ1v) is 11.7. The molecule has 2 N–H and O–H groups in total. The van der Waals surface area contributed by atoms with Gasteiger partial charge in [-0.15, -0.1) is 0 Å². The fourth-order valence-electron chi connectivity index (χ4n) is 4.38. The third-order valence-electron chi connectivity index (χ3n) is 6.18. The van der Waals surface area contributed by atoms with Crippen molar-refractivity contribution in [2.75, 3.05) is 25.0 Å². The lowest BCUT2D eigenvalue weighted by Crippen LogP contribution is -2.31. The molecular formula is C23H27F6N5O2. The highest BCUT2D eigenvalue weighted by Crippen LogP contribution is 2.36. The summed E-state index contributed by atoms with van der Waals surface area (Å²) in [6, 6.07) is 3.24. The fraction of sp³-hybridized carbons (Fsp3) is 0.565. The first-order chi connectivity index (χ1) is 17.0. The van der Waals surface area contributed by atoms with Crippen LogP contribution in [0, 0.1) is 0 Å². The molecule has 7 nitrogen and oxygen atoms in total. The second kappa shape index (κ2) is 10.6. The van der Waals surface area contributed by atoms with Crippen molar-refractivity contribution in [1.29, 1.82) is 0 Å². The number of ether oxygens (including phenoxy) is 1. The number of hydrogen-bond acceptors (Lipinski definition) is 5. The summed E-state index contributed by atoms with van der Waals surface area (Å²) >= 11 is 0. The van der Waals surface area contributed by atoms with Gasteiger partial charge in [-0.25, -0.2) is 4.79 Å². The van der Waals surface area contributed by atoms with E-state index < -0.39 is 41.7 Å². The van der Waals surface area contributed by atoms with E-state index >= 15 is 0 Å². The zero-order valence-corrected chi connectivity index (χ0v) is 19.4. The Hall–Kier alpha value is -2.96. The molecule has 0 spiro atoms. The Morgan fingerprint density at radius 3 is 2.44 bits per heavy atom. The van der Waals surface area contributed by atoms with Crippen LogP contribution in [-0.2, 0) is 36.8 Å². The van der Waals surface area contributed by atoms with Crippen LogP contribution >= 0.6 is 0 Å². The number of nitrogens with zero attached hydrogens (tertiary/aromatic N) is 3. The molecule has 2 aliphatic heterocycles. The number of carbonyl (C=O) groups is 1. The summed E-state index contributed by atoms with van der Waals surface area (Å²) in [4.78, 5) is 14.0. The van der Waals surface area contributed by atoms with Gasteiger partial charge in [0, 0.05) is 31.7 Å². The predicted octanol–water partition coefficient (Wildman–Crippen LogP) is 5.02. The van der Waals surface area contributed by atoms with Crippen molar-refractivity contribution in [3.8, 4) is 0 Å². The molecule has 1 saturated heterocycles. The molecule has 2 aromatic rings. The molecule has 1 amide bonds. The van der Waals surface area contributed by atoms with Crippen LogP contribution in [0.15, 0.2) is 24.3 Å². The average molecular weight is 519 g/mol. The van der Waals surface area contributed by atoms with Crippen molar-refractivity contribution in [3.05, 3.63) is 46.6 Å². The second-order valence-corrected chi connectivity index (χ2v) is 9.03. The maximum absolute atomic E-state index is 13.1. The normalized spacial score (nSPS) is 19.3. The van der Waals surface area contributed by atoms with Crippen molar-refractivity contribution >= 4 is 11.9 Å². The molecule has 36 heavy (non-hydrogen) atoms. The van der Waals surface area contributed by atoms with Crippen LogP contribution in [0.5, 0.6) is 0 Å². The first kappa shape index (κ1) is 26.1. The van der Waals surface area contributed by atoms with Crippen molar-refractivity contribution in [2.45, 2.75) is 63.8 Å². The quantitative estimate of drug-likeness (QED) is 0.556. The minimum atomic E-state index is -4.97. The molecule has 4 rings (SSSR count). The number of aryl methyl sites for hydroxylation is 1. The first-order valence-electron chi connectivity index (χ1n) is 11.7. The molecule has 13 heteroatoms. The molecule has 0 saturated carbocycles. The Morgan fingerprint density at radius 1 is 1.03 bits per heavy atom. The number of nitrogens with one attached hydrogen (secondary N) is 2. The van der Waals surface area contributed by atoms with Gasteiger partial charge in [0.15, 0.2) is 0 Å². The van der Waals surface area contributed by atoms with E-state index in [4.69, 9.17) is 4.74 Å². The molecule has 3 heterocycles. The Bertz CT molecular complexity index is 1030. The summed E-state index contributed by atoms with van der Waals surface area (Å²) in [5.41, 5.74) is -2.54. The number of alkyl halides is 6. The molecule has 0 radical (unpaired) electrons. The van der Waals surface area contributed by atoms with Crippen molar-refractivity contribution in [3.63, 3.8) is 0 Å². The van der Waals surface area contributed by atoms with E-state index in [0.29, 0.717) is 37.5 Å². The molecule has 198 valence electrons. The lowest BCUT2D eigenvalue weighted by molar-refractivity contribution is -0.143. The van der Waals surface area contributed by atoms with Crippen LogP contribution in [0.1, 0.15) is 48.1 Å². The largest absolute Gasteiger partial charge is 0.445 e. The van der Waals surface area contributed by atoms with Crippen molar-refractivity contribution < 1.29 is 35.9 Å². The van der Waals surface area contributed by atoms with Crippen molar-refractivity contribution in [2.24, 2.45) is 0 Å². The topological polar surface area (TPSA) is 71.4 Å². The Morgan fingerprint density at radius 2 is 1.75 bits per heavy atom. The number of hydrogen-bond donors (Lipinski definition) is 2. The van der Waals surface area contributed by atoms with Crippen LogP contribution in [-0.4, -0.2) is 46.4 Å². The van der Waals surface area contributed by atoms with Gasteiger partial charge >= 0.3 is 18.4 Å². The Balaban J connectivity index is 1.41. The van der Waals surface area contributed by atoms with Gasteiger partial charge in [-0.1, -0.05) is 6.42 Å². The number of aromatic nitrogens is 2. The fourth-order valence-corrected chi connectivity index (χ4v) is 4.38.